The van der Waals surface area contributed by atoms with E-state index in [-0.39, 0.29) is 0 Å². The number of rotatable bonds is 4. The fourth-order valence-corrected chi connectivity index (χ4v) is 2.12. The van der Waals surface area contributed by atoms with Crippen molar-refractivity contribution in [2.24, 2.45) is 5.16 Å². The average Bonchev–Trinajstić information content (AvgIpc) is 2.39. The van der Waals surface area contributed by atoms with Gasteiger partial charge in [0.15, 0.2) is 0 Å². The summed E-state index contributed by atoms with van der Waals surface area (Å²) in [5, 5.41) is 5.08. The number of halogens is 3. The van der Waals surface area contributed by atoms with Crippen molar-refractivity contribution in [3.63, 3.8) is 0 Å². The van der Waals surface area contributed by atoms with Gasteiger partial charge in [-0.3, -0.25) is 0 Å². The molecule has 0 radical (unpaired) electrons. The molecule has 0 unspecified atom stereocenters. The monoisotopic (exact) mass is 357 g/mol. The second-order valence-corrected chi connectivity index (χ2v) is 5.55. The second kappa shape index (κ2) is 6.94. The van der Waals surface area contributed by atoms with Gasteiger partial charge in [-0.2, -0.15) is 0 Å². The van der Waals surface area contributed by atoms with E-state index in [1.165, 1.54) is 0 Å². The van der Waals surface area contributed by atoms with E-state index < -0.39 is 0 Å². The minimum absolute atomic E-state index is 0.309. The van der Waals surface area contributed by atoms with E-state index in [1.807, 2.05) is 30.3 Å². The molecular formula is C14H10BrCl2NO. The summed E-state index contributed by atoms with van der Waals surface area (Å²) in [6.07, 6.45) is 1.65. The van der Waals surface area contributed by atoms with Crippen LogP contribution in [0.3, 0.4) is 0 Å². The van der Waals surface area contributed by atoms with Crippen molar-refractivity contribution in [1.29, 1.82) is 0 Å². The average molecular weight is 359 g/mol. The van der Waals surface area contributed by atoms with Crippen LogP contribution in [-0.4, -0.2) is 6.21 Å². The summed E-state index contributed by atoms with van der Waals surface area (Å²) >= 11 is 15.2. The van der Waals surface area contributed by atoms with Crippen LogP contribution in [0.1, 0.15) is 11.1 Å². The molecule has 0 atom stereocenters. The van der Waals surface area contributed by atoms with E-state index in [4.69, 9.17) is 28.0 Å². The van der Waals surface area contributed by atoms with Gasteiger partial charge in [-0.1, -0.05) is 62.5 Å². The summed E-state index contributed by atoms with van der Waals surface area (Å²) in [6.45, 7) is 0.309. The van der Waals surface area contributed by atoms with Gasteiger partial charge < -0.3 is 4.84 Å². The van der Waals surface area contributed by atoms with Crippen molar-refractivity contribution in [3.8, 4) is 0 Å². The third kappa shape index (κ3) is 4.53. The summed E-state index contributed by atoms with van der Waals surface area (Å²) in [5.74, 6) is 0. The lowest BCUT2D eigenvalue weighted by Gasteiger charge is -2.03. The smallest absolute Gasteiger partial charge is 0.143 e. The van der Waals surface area contributed by atoms with Crippen molar-refractivity contribution in [2.75, 3.05) is 0 Å². The molecule has 0 heterocycles. The first-order chi connectivity index (χ1) is 9.15. The molecule has 19 heavy (non-hydrogen) atoms. The van der Waals surface area contributed by atoms with Gasteiger partial charge in [-0.05, 0) is 29.8 Å². The molecule has 0 saturated carbocycles. The van der Waals surface area contributed by atoms with E-state index in [0.29, 0.717) is 16.7 Å². The first kappa shape index (κ1) is 14.4. The first-order valence-electron chi connectivity index (χ1n) is 5.50. The van der Waals surface area contributed by atoms with Crippen LogP contribution in [0.25, 0.3) is 0 Å². The van der Waals surface area contributed by atoms with Gasteiger partial charge in [0.1, 0.15) is 6.61 Å². The standard InChI is InChI=1S/C14H10BrCl2NO/c15-12-4-1-10(2-5-12)8-18-19-9-11-3-6-13(16)7-14(11)17/h1-8H,9H2/b18-8-. The quantitative estimate of drug-likeness (QED) is 0.536. The largest absolute Gasteiger partial charge is 0.391 e. The normalized spacial score (nSPS) is 10.9. The van der Waals surface area contributed by atoms with Crippen LogP contribution in [0, 0.1) is 0 Å². The van der Waals surface area contributed by atoms with Crippen LogP contribution >= 0.6 is 39.1 Å². The van der Waals surface area contributed by atoms with Crippen LogP contribution in [0.4, 0.5) is 0 Å². The molecule has 2 rings (SSSR count). The molecule has 0 aromatic heterocycles. The lowest BCUT2D eigenvalue weighted by molar-refractivity contribution is 0.132. The highest BCUT2D eigenvalue weighted by molar-refractivity contribution is 9.10. The van der Waals surface area contributed by atoms with E-state index in [0.717, 1.165) is 15.6 Å². The Labute approximate surface area is 130 Å². The van der Waals surface area contributed by atoms with E-state index in [2.05, 4.69) is 21.1 Å². The maximum Gasteiger partial charge on any atom is 0.143 e. The molecule has 0 N–H and O–H groups in total. The second-order valence-electron chi connectivity index (χ2n) is 3.80. The molecule has 5 heteroatoms. The summed E-state index contributed by atoms with van der Waals surface area (Å²) in [5.41, 5.74) is 1.81. The van der Waals surface area contributed by atoms with Crippen LogP contribution < -0.4 is 0 Å². The molecule has 0 fully saturated rings. The molecule has 0 bridgehead atoms. The fourth-order valence-electron chi connectivity index (χ4n) is 1.39. The zero-order valence-corrected chi connectivity index (χ0v) is 12.9. The molecule has 2 nitrogen and oxygen atoms in total. The summed E-state index contributed by atoms with van der Waals surface area (Å²) < 4.78 is 1.03. The van der Waals surface area contributed by atoms with Gasteiger partial charge in [-0.15, -0.1) is 0 Å². The summed E-state index contributed by atoms with van der Waals surface area (Å²) in [6, 6.07) is 13.0. The van der Waals surface area contributed by atoms with Gasteiger partial charge >= 0.3 is 0 Å². The Balaban J connectivity index is 1.91. The Morgan fingerprint density at radius 3 is 2.53 bits per heavy atom. The Bertz CT molecular complexity index is 584. The molecule has 0 saturated heterocycles. The number of hydrogen-bond acceptors (Lipinski definition) is 2. The number of oxime groups is 1. The third-order valence-corrected chi connectivity index (χ3v) is 3.50. The van der Waals surface area contributed by atoms with Gasteiger partial charge in [0.05, 0.1) is 6.21 Å². The highest BCUT2D eigenvalue weighted by atomic mass is 79.9. The topological polar surface area (TPSA) is 21.6 Å². The fraction of sp³-hybridized carbons (Fsp3) is 0.0714. The Morgan fingerprint density at radius 2 is 1.84 bits per heavy atom. The molecule has 0 aliphatic heterocycles. The molecule has 2 aromatic rings. The van der Waals surface area contributed by atoms with Crippen molar-refractivity contribution in [1.82, 2.24) is 0 Å². The van der Waals surface area contributed by atoms with Crippen molar-refractivity contribution in [3.05, 3.63) is 68.1 Å². The lowest BCUT2D eigenvalue weighted by atomic mass is 10.2. The highest BCUT2D eigenvalue weighted by Crippen LogP contribution is 2.21. The van der Waals surface area contributed by atoms with Gasteiger partial charge in [0.2, 0.25) is 0 Å². The van der Waals surface area contributed by atoms with Crippen LogP contribution in [0.5, 0.6) is 0 Å². The maximum absolute atomic E-state index is 6.02. The minimum Gasteiger partial charge on any atom is -0.391 e. The molecule has 0 spiro atoms. The molecular weight excluding hydrogens is 349 g/mol. The third-order valence-electron chi connectivity index (χ3n) is 2.38. The van der Waals surface area contributed by atoms with E-state index in [1.54, 1.807) is 18.3 Å². The van der Waals surface area contributed by atoms with Crippen molar-refractivity contribution >= 4 is 45.3 Å². The Kier molecular flexibility index (Phi) is 5.25. The SMILES string of the molecule is Clc1ccc(CO/N=C\c2ccc(Br)cc2)c(Cl)c1. The van der Waals surface area contributed by atoms with Gasteiger partial charge in [0, 0.05) is 20.1 Å². The maximum atomic E-state index is 6.02. The van der Waals surface area contributed by atoms with Crippen LogP contribution in [-0.2, 0) is 11.4 Å². The number of benzene rings is 2. The zero-order chi connectivity index (χ0) is 13.7. The highest BCUT2D eigenvalue weighted by Gasteiger charge is 2.01. The van der Waals surface area contributed by atoms with Gasteiger partial charge in [-0.25, -0.2) is 0 Å². The number of nitrogens with zero attached hydrogens (tertiary/aromatic N) is 1. The van der Waals surface area contributed by atoms with Crippen molar-refractivity contribution < 1.29 is 4.84 Å². The lowest BCUT2D eigenvalue weighted by Crippen LogP contribution is -1.89. The van der Waals surface area contributed by atoms with Crippen LogP contribution in [0.2, 0.25) is 10.0 Å². The zero-order valence-electron chi connectivity index (χ0n) is 9.82. The van der Waals surface area contributed by atoms with Crippen molar-refractivity contribution in [2.45, 2.75) is 6.61 Å². The Morgan fingerprint density at radius 1 is 1.11 bits per heavy atom. The van der Waals surface area contributed by atoms with Crippen LogP contribution in [0.15, 0.2) is 52.1 Å². The predicted octanol–water partition coefficient (Wildman–Crippen LogP) is 5.31. The summed E-state index contributed by atoms with van der Waals surface area (Å²) in [7, 11) is 0. The molecule has 98 valence electrons. The molecule has 0 aliphatic carbocycles. The predicted molar refractivity (Wildman–Crippen MR) is 83.0 cm³/mol. The number of hydrogen-bond donors (Lipinski definition) is 0. The molecule has 2 aromatic carbocycles. The Hall–Kier alpha value is -1.03. The van der Waals surface area contributed by atoms with E-state index in [9.17, 15) is 0 Å². The van der Waals surface area contributed by atoms with E-state index >= 15 is 0 Å². The first-order valence-corrected chi connectivity index (χ1v) is 7.05. The molecule has 0 aliphatic rings. The molecule has 0 amide bonds. The van der Waals surface area contributed by atoms with Gasteiger partial charge in [0.25, 0.3) is 0 Å². The summed E-state index contributed by atoms with van der Waals surface area (Å²) in [4.78, 5) is 5.20. The minimum atomic E-state index is 0.309.